The quantitative estimate of drug-likeness (QED) is 0.779. The number of carbonyl (C=O) groups excluding carboxylic acids is 2. The summed E-state index contributed by atoms with van der Waals surface area (Å²) < 4.78 is 1.82. The number of aromatic nitrogens is 2. The molecule has 0 aliphatic carbocycles. The maximum absolute atomic E-state index is 12.4. The van der Waals surface area contributed by atoms with Gasteiger partial charge >= 0.3 is 0 Å². The highest BCUT2D eigenvalue weighted by molar-refractivity contribution is 6.06. The van der Waals surface area contributed by atoms with Crippen molar-refractivity contribution in [3.8, 4) is 0 Å². The number of hydrogen-bond acceptors (Lipinski definition) is 3. The molecule has 6 heteroatoms. The van der Waals surface area contributed by atoms with Gasteiger partial charge in [0.05, 0.1) is 5.69 Å². The smallest absolute Gasteiger partial charge is 0.255 e. The van der Waals surface area contributed by atoms with Gasteiger partial charge in [-0.15, -0.1) is 0 Å². The summed E-state index contributed by atoms with van der Waals surface area (Å²) in [5.41, 5.74) is 2.34. The summed E-state index contributed by atoms with van der Waals surface area (Å²) in [7, 11) is 0. The van der Waals surface area contributed by atoms with Gasteiger partial charge in [0.15, 0.2) is 5.65 Å². The third-order valence-corrected chi connectivity index (χ3v) is 3.11. The van der Waals surface area contributed by atoms with Crippen molar-refractivity contribution in [2.45, 2.75) is 6.92 Å². The van der Waals surface area contributed by atoms with Crippen molar-refractivity contribution < 1.29 is 9.59 Å². The van der Waals surface area contributed by atoms with Crippen molar-refractivity contribution in [3.05, 3.63) is 60.6 Å². The van der Waals surface area contributed by atoms with Gasteiger partial charge in [-0.1, -0.05) is 6.07 Å². The Morgan fingerprint density at radius 2 is 1.95 bits per heavy atom. The number of hydrogen-bond donors (Lipinski definition) is 2. The molecule has 0 atom stereocenters. The summed E-state index contributed by atoms with van der Waals surface area (Å²) in [6.45, 7) is 1.42. The first-order chi connectivity index (χ1) is 10.6. The van der Waals surface area contributed by atoms with E-state index in [9.17, 15) is 9.59 Å². The van der Waals surface area contributed by atoms with E-state index in [0.29, 0.717) is 22.6 Å². The minimum Gasteiger partial charge on any atom is -0.326 e. The minimum absolute atomic E-state index is 0.181. The van der Waals surface area contributed by atoms with Crippen LogP contribution < -0.4 is 10.6 Å². The van der Waals surface area contributed by atoms with Crippen molar-refractivity contribution in [2.24, 2.45) is 0 Å². The fraction of sp³-hybridized carbons (Fsp3) is 0.0625. The zero-order valence-electron chi connectivity index (χ0n) is 11.9. The number of benzene rings is 1. The van der Waals surface area contributed by atoms with E-state index in [-0.39, 0.29) is 11.8 Å². The zero-order valence-corrected chi connectivity index (χ0v) is 11.9. The second-order valence-corrected chi connectivity index (χ2v) is 4.80. The molecule has 110 valence electrons. The van der Waals surface area contributed by atoms with Crippen LogP contribution in [0.4, 0.5) is 11.4 Å². The molecule has 2 heterocycles. The maximum Gasteiger partial charge on any atom is 0.255 e. The van der Waals surface area contributed by atoms with Gasteiger partial charge in [-0.2, -0.15) is 0 Å². The molecule has 22 heavy (non-hydrogen) atoms. The molecule has 0 fully saturated rings. The van der Waals surface area contributed by atoms with Crippen LogP contribution in [0.25, 0.3) is 5.65 Å². The molecule has 2 aromatic heterocycles. The molecule has 2 N–H and O–H groups in total. The highest BCUT2D eigenvalue weighted by Crippen LogP contribution is 2.17. The van der Waals surface area contributed by atoms with E-state index in [1.165, 1.54) is 6.92 Å². The Hall–Kier alpha value is -3.15. The molecule has 0 saturated carbocycles. The Bertz CT molecular complexity index is 854. The van der Waals surface area contributed by atoms with Crippen molar-refractivity contribution in [1.29, 1.82) is 0 Å². The molecule has 0 aliphatic rings. The number of carbonyl (C=O) groups is 2. The number of imidazole rings is 1. The largest absolute Gasteiger partial charge is 0.326 e. The average molecular weight is 294 g/mol. The predicted molar refractivity (Wildman–Crippen MR) is 83.9 cm³/mol. The average Bonchev–Trinajstić information content (AvgIpc) is 2.96. The van der Waals surface area contributed by atoms with Crippen LogP contribution in [0.5, 0.6) is 0 Å². The van der Waals surface area contributed by atoms with Crippen LogP contribution in [0.2, 0.25) is 0 Å². The van der Waals surface area contributed by atoms with Crippen LogP contribution >= 0.6 is 0 Å². The molecule has 0 bridgehead atoms. The van der Waals surface area contributed by atoms with E-state index >= 15 is 0 Å². The number of nitrogens with zero attached hydrogens (tertiary/aromatic N) is 2. The number of amides is 2. The van der Waals surface area contributed by atoms with Gasteiger partial charge in [0, 0.05) is 36.8 Å². The lowest BCUT2D eigenvalue weighted by atomic mass is 10.2. The zero-order chi connectivity index (χ0) is 15.5. The standard InChI is InChI=1S/C16H14N4O2/c1-11(21)18-13-5-2-4-12(10-13)16(22)19-14-6-3-8-20-9-7-17-15(14)20/h2-10H,1H3,(H,18,21)(H,19,22). The fourth-order valence-corrected chi connectivity index (χ4v) is 2.18. The lowest BCUT2D eigenvalue weighted by Crippen LogP contribution is -2.13. The first kappa shape index (κ1) is 13.8. The summed E-state index contributed by atoms with van der Waals surface area (Å²) in [5.74, 6) is -0.442. The van der Waals surface area contributed by atoms with Gasteiger partial charge in [-0.3, -0.25) is 9.59 Å². The summed E-state index contributed by atoms with van der Waals surface area (Å²) in [4.78, 5) is 27.6. The van der Waals surface area contributed by atoms with Gasteiger partial charge in [-0.05, 0) is 30.3 Å². The van der Waals surface area contributed by atoms with Crippen molar-refractivity contribution in [3.63, 3.8) is 0 Å². The first-order valence-electron chi connectivity index (χ1n) is 6.74. The van der Waals surface area contributed by atoms with E-state index in [4.69, 9.17) is 0 Å². The Balaban J connectivity index is 1.85. The Kier molecular flexibility index (Phi) is 3.57. The molecule has 2 amide bonds. The lowest BCUT2D eigenvalue weighted by molar-refractivity contribution is -0.114. The topological polar surface area (TPSA) is 75.5 Å². The van der Waals surface area contributed by atoms with Gasteiger partial charge in [-0.25, -0.2) is 4.98 Å². The molecular weight excluding hydrogens is 280 g/mol. The summed E-state index contributed by atoms with van der Waals surface area (Å²) in [5, 5.41) is 5.49. The fourth-order valence-electron chi connectivity index (χ4n) is 2.18. The highest BCUT2D eigenvalue weighted by atomic mass is 16.2. The molecule has 3 aromatic rings. The van der Waals surface area contributed by atoms with E-state index in [1.54, 1.807) is 36.5 Å². The van der Waals surface area contributed by atoms with Crippen molar-refractivity contribution >= 4 is 28.8 Å². The first-order valence-corrected chi connectivity index (χ1v) is 6.74. The van der Waals surface area contributed by atoms with E-state index < -0.39 is 0 Å². The predicted octanol–water partition coefficient (Wildman–Crippen LogP) is 2.54. The number of nitrogens with one attached hydrogen (secondary N) is 2. The normalized spacial score (nSPS) is 10.4. The number of fused-ring (bicyclic) bond motifs is 1. The summed E-state index contributed by atoms with van der Waals surface area (Å²) in [6.07, 6.45) is 5.33. The molecule has 0 spiro atoms. The Morgan fingerprint density at radius 3 is 2.77 bits per heavy atom. The summed E-state index contributed by atoms with van der Waals surface area (Å²) >= 11 is 0. The monoisotopic (exact) mass is 294 g/mol. The second kappa shape index (κ2) is 5.69. The SMILES string of the molecule is CC(=O)Nc1cccc(C(=O)Nc2cccn3ccnc23)c1. The van der Waals surface area contributed by atoms with Gasteiger partial charge in [0.2, 0.25) is 5.91 Å². The van der Waals surface area contributed by atoms with Crippen LogP contribution in [-0.2, 0) is 4.79 Å². The molecule has 1 aromatic carbocycles. The van der Waals surface area contributed by atoms with Crippen LogP contribution in [-0.4, -0.2) is 21.2 Å². The third kappa shape index (κ3) is 2.80. The van der Waals surface area contributed by atoms with Gasteiger partial charge in [0.25, 0.3) is 5.91 Å². The van der Waals surface area contributed by atoms with Crippen molar-refractivity contribution in [1.82, 2.24) is 9.38 Å². The van der Waals surface area contributed by atoms with Crippen LogP contribution in [0.1, 0.15) is 17.3 Å². The number of anilines is 2. The van der Waals surface area contributed by atoms with Crippen LogP contribution in [0.3, 0.4) is 0 Å². The molecule has 3 rings (SSSR count). The molecule has 6 nitrogen and oxygen atoms in total. The number of pyridine rings is 1. The molecule has 0 aliphatic heterocycles. The van der Waals surface area contributed by atoms with E-state index in [2.05, 4.69) is 15.6 Å². The molecule has 0 unspecified atom stereocenters. The van der Waals surface area contributed by atoms with Gasteiger partial charge in [0.1, 0.15) is 0 Å². The highest BCUT2D eigenvalue weighted by Gasteiger charge is 2.10. The Morgan fingerprint density at radius 1 is 1.09 bits per heavy atom. The Labute approximate surface area is 126 Å². The van der Waals surface area contributed by atoms with Crippen LogP contribution in [0, 0.1) is 0 Å². The molecule has 0 radical (unpaired) electrons. The molecule has 0 saturated heterocycles. The van der Waals surface area contributed by atoms with Crippen LogP contribution in [0.15, 0.2) is 55.0 Å². The van der Waals surface area contributed by atoms with E-state index in [1.807, 2.05) is 22.9 Å². The lowest BCUT2D eigenvalue weighted by Gasteiger charge is -2.08. The maximum atomic E-state index is 12.4. The van der Waals surface area contributed by atoms with Gasteiger partial charge < -0.3 is 15.0 Å². The van der Waals surface area contributed by atoms with Crippen molar-refractivity contribution in [2.75, 3.05) is 10.6 Å². The minimum atomic E-state index is -0.261. The molecular formula is C16H14N4O2. The third-order valence-electron chi connectivity index (χ3n) is 3.11. The van der Waals surface area contributed by atoms with E-state index in [0.717, 1.165) is 0 Å². The number of rotatable bonds is 3. The summed E-state index contributed by atoms with van der Waals surface area (Å²) in [6, 6.07) is 10.4. The second-order valence-electron chi connectivity index (χ2n) is 4.80.